The number of nitrogens with one attached hydrogen (secondary N) is 1. The SMILES string of the molecule is O=C(NC1CCC(C(=O)N2C[C@@H](O)C[C@H]2C(=O)O)CC1)OCC1c2ccccc2-c2ccccc21. The number of nitrogens with zero attached hydrogens (tertiary/aromatic N) is 1. The molecule has 2 aromatic rings. The Kier molecular flexibility index (Phi) is 6.47. The summed E-state index contributed by atoms with van der Waals surface area (Å²) in [6.07, 6.45) is 1.17. The number of carboxylic acids is 1. The molecular weight excluding hydrogens is 448 g/mol. The zero-order valence-electron chi connectivity index (χ0n) is 19.4. The average molecular weight is 479 g/mol. The summed E-state index contributed by atoms with van der Waals surface area (Å²) in [4.78, 5) is 38.2. The first kappa shape index (κ1) is 23.4. The van der Waals surface area contributed by atoms with Crippen molar-refractivity contribution in [1.82, 2.24) is 10.2 Å². The summed E-state index contributed by atoms with van der Waals surface area (Å²) in [5.74, 6) is -1.59. The minimum absolute atomic E-state index is 0.000462. The summed E-state index contributed by atoms with van der Waals surface area (Å²) in [6.45, 7) is 0.315. The van der Waals surface area contributed by atoms with Gasteiger partial charge in [-0.2, -0.15) is 0 Å². The number of carbonyl (C=O) groups excluding carboxylic acids is 2. The second-order valence-corrected chi connectivity index (χ2v) is 9.75. The molecule has 2 aromatic carbocycles. The number of likely N-dealkylation sites (tertiary alicyclic amines) is 1. The molecule has 0 aromatic heterocycles. The number of rotatable bonds is 5. The number of carbonyl (C=O) groups is 3. The van der Waals surface area contributed by atoms with Gasteiger partial charge in [0.05, 0.1) is 6.10 Å². The van der Waals surface area contributed by atoms with Crippen molar-refractivity contribution in [3.05, 3.63) is 59.7 Å². The van der Waals surface area contributed by atoms with Gasteiger partial charge in [0.25, 0.3) is 0 Å². The van der Waals surface area contributed by atoms with E-state index in [0.717, 1.165) is 11.1 Å². The number of carboxylic acid groups (broad SMARTS) is 1. The monoisotopic (exact) mass is 478 g/mol. The quantitative estimate of drug-likeness (QED) is 0.608. The zero-order chi connectivity index (χ0) is 24.5. The van der Waals surface area contributed by atoms with Crippen molar-refractivity contribution in [2.24, 2.45) is 5.92 Å². The Balaban J connectivity index is 1.12. The van der Waals surface area contributed by atoms with E-state index in [-0.39, 0.29) is 43.4 Å². The van der Waals surface area contributed by atoms with Crippen LogP contribution in [-0.2, 0) is 14.3 Å². The van der Waals surface area contributed by atoms with Crippen molar-refractivity contribution < 1.29 is 29.3 Å². The molecule has 2 amide bonds. The highest BCUT2D eigenvalue weighted by Gasteiger charge is 2.42. The number of fused-ring (bicyclic) bond motifs is 3. The van der Waals surface area contributed by atoms with Crippen molar-refractivity contribution >= 4 is 18.0 Å². The maximum absolute atomic E-state index is 12.9. The van der Waals surface area contributed by atoms with E-state index in [9.17, 15) is 24.6 Å². The molecule has 0 radical (unpaired) electrons. The fourth-order valence-corrected chi connectivity index (χ4v) is 5.82. The lowest BCUT2D eigenvalue weighted by Crippen LogP contribution is -2.46. The molecule has 3 N–H and O–H groups in total. The summed E-state index contributed by atoms with van der Waals surface area (Å²) in [5, 5.41) is 22.1. The molecule has 0 bridgehead atoms. The van der Waals surface area contributed by atoms with Gasteiger partial charge in [0.15, 0.2) is 0 Å². The van der Waals surface area contributed by atoms with Crippen LogP contribution >= 0.6 is 0 Å². The van der Waals surface area contributed by atoms with Crippen LogP contribution in [0.5, 0.6) is 0 Å². The lowest BCUT2D eigenvalue weighted by Gasteiger charge is -2.32. The Hall–Kier alpha value is -3.39. The number of aliphatic hydroxyl groups is 1. The van der Waals surface area contributed by atoms with Crippen molar-refractivity contribution in [1.29, 1.82) is 0 Å². The molecule has 1 aliphatic heterocycles. The van der Waals surface area contributed by atoms with Gasteiger partial charge < -0.3 is 25.2 Å². The van der Waals surface area contributed by atoms with Crippen LogP contribution in [-0.4, -0.2) is 64.4 Å². The largest absolute Gasteiger partial charge is 0.480 e. The Labute approximate surface area is 203 Å². The van der Waals surface area contributed by atoms with Crippen LogP contribution < -0.4 is 5.32 Å². The molecule has 5 rings (SSSR count). The van der Waals surface area contributed by atoms with E-state index in [1.54, 1.807) is 0 Å². The van der Waals surface area contributed by atoms with Crippen molar-refractivity contribution in [2.75, 3.05) is 13.2 Å². The van der Waals surface area contributed by atoms with Gasteiger partial charge in [0, 0.05) is 30.8 Å². The van der Waals surface area contributed by atoms with E-state index in [0.29, 0.717) is 25.7 Å². The first-order chi connectivity index (χ1) is 16.9. The molecular formula is C27H30N2O6. The number of β-amino-alcohol motifs (C(OH)–C–C–N with tert-alkyl or cyclic N) is 1. The smallest absolute Gasteiger partial charge is 0.407 e. The number of hydrogen-bond donors (Lipinski definition) is 3. The van der Waals surface area contributed by atoms with E-state index in [1.807, 2.05) is 24.3 Å². The van der Waals surface area contributed by atoms with Gasteiger partial charge in [0.2, 0.25) is 5.91 Å². The van der Waals surface area contributed by atoms with Crippen LogP contribution in [0.1, 0.15) is 49.1 Å². The van der Waals surface area contributed by atoms with Crippen LogP contribution in [0.2, 0.25) is 0 Å². The Morgan fingerprint density at radius 3 is 2.14 bits per heavy atom. The molecule has 1 saturated carbocycles. The average Bonchev–Trinajstić information content (AvgIpc) is 3.41. The second-order valence-electron chi connectivity index (χ2n) is 9.75. The molecule has 1 heterocycles. The van der Waals surface area contributed by atoms with Crippen molar-refractivity contribution in [3.63, 3.8) is 0 Å². The summed E-state index contributed by atoms with van der Waals surface area (Å²) >= 11 is 0. The highest BCUT2D eigenvalue weighted by molar-refractivity contribution is 5.86. The lowest BCUT2D eigenvalue weighted by atomic mass is 9.85. The third kappa shape index (κ3) is 4.62. The summed E-state index contributed by atoms with van der Waals surface area (Å²) < 4.78 is 5.63. The Morgan fingerprint density at radius 2 is 1.54 bits per heavy atom. The number of hydrogen-bond acceptors (Lipinski definition) is 5. The number of aliphatic carboxylic acids is 1. The molecule has 184 valence electrons. The Morgan fingerprint density at radius 1 is 0.943 bits per heavy atom. The summed E-state index contributed by atoms with van der Waals surface area (Å²) in [6, 6.07) is 15.3. The molecule has 35 heavy (non-hydrogen) atoms. The molecule has 2 fully saturated rings. The van der Waals surface area contributed by atoms with Crippen molar-refractivity contribution in [3.8, 4) is 11.1 Å². The molecule has 8 nitrogen and oxygen atoms in total. The van der Waals surface area contributed by atoms with E-state index in [2.05, 4.69) is 29.6 Å². The zero-order valence-corrected chi connectivity index (χ0v) is 19.4. The highest BCUT2D eigenvalue weighted by atomic mass is 16.5. The summed E-state index contributed by atoms with van der Waals surface area (Å²) in [5.41, 5.74) is 4.67. The van der Waals surface area contributed by atoms with Crippen LogP contribution in [0.4, 0.5) is 4.79 Å². The van der Waals surface area contributed by atoms with E-state index in [4.69, 9.17) is 4.74 Å². The van der Waals surface area contributed by atoms with E-state index in [1.165, 1.54) is 16.0 Å². The fraction of sp³-hybridized carbons (Fsp3) is 0.444. The molecule has 1 saturated heterocycles. The van der Waals surface area contributed by atoms with Gasteiger partial charge in [-0.15, -0.1) is 0 Å². The number of aliphatic hydroxyl groups excluding tert-OH is 1. The normalized spacial score (nSPS) is 25.6. The van der Waals surface area contributed by atoms with E-state index < -0.39 is 24.2 Å². The number of amides is 2. The highest BCUT2D eigenvalue weighted by Crippen LogP contribution is 2.44. The first-order valence-corrected chi connectivity index (χ1v) is 12.2. The minimum atomic E-state index is -1.08. The predicted molar refractivity (Wildman–Crippen MR) is 128 cm³/mol. The van der Waals surface area contributed by atoms with Gasteiger partial charge >= 0.3 is 12.1 Å². The van der Waals surface area contributed by atoms with E-state index >= 15 is 0 Å². The maximum atomic E-state index is 12.9. The van der Waals surface area contributed by atoms with Crippen LogP contribution in [0.25, 0.3) is 11.1 Å². The standard InChI is InChI=1S/C27H30N2O6/c30-18-13-24(26(32)33)29(14-18)25(31)16-9-11-17(12-10-16)28-27(34)35-15-23-21-7-3-1-5-19(21)20-6-2-4-8-22(20)23/h1-8,16-18,23-24,30H,9-15H2,(H,28,34)(H,32,33)/t16?,17?,18-,24-/m0/s1. The molecule has 8 heteroatoms. The van der Waals surface area contributed by atoms with Gasteiger partial charge in [0.1, 0.15) is 12.6 Å². The number of alkyl carbamates (subject to hydrolysis) is 1. The third-order valence-electron chi connectivity index (χ3n) is 7.59. The van der Waals surface area contributed by atoms with Gasteiger partial charge in [-0.05, 0) is 47.9 Å². The molecule has 2 atom stereocenters. The number of ether oxygens (including phenoxy) is 1. The molecule has 0 spiro atoms. The Bertz CT molecular complexity index is 1080. The topological polar surface area (TPSA) is 116 Å². The van der Waals surface area contributed by atoms with Crippen molar-refractivity contribution in [2.45, 2.75) is 56.2 Å². The maximum Gasteiger partial charge on any atom is 0.407 e. The second kappa shape index (κ2) is 9.70. The summed E-state index contributed by atoms with van der Waals surface area (Å²) in [7, 11) is 0. The third-order valence-corrected chi connectivity index (χ3v) is 7.59. The number of benzene rings is 2. The molecule has 0 unspecified atom stereocenters. The first-order valence-electron chi connectivity index (χ1n) is 12.2. The van der Waals surface area contributed by atoms with Crippen LogP contribution in [0, 0.1) is 5.92 Å². The van der Waals surface area contributed by atoms with Gasteiger partial charge in [-0.3, -0.25) is 4.79 Å². The van der Waals surface area contributed by atoms with Gasteiger partial charge in [-0.1, -0.05) is 48.5 Å². The lowest BCUT2D eigenvalue weighted by molar-refractivity contribution is -0.150. The minimum Gasteiger partial charge on any atom is -0.480 e. The molecule has 3 aliphatic rings. The van der Waals surface area contributed by atoms with Crippen LogP contribution in [0.3, 0.4) is 0 Å². The van der Waals surface area contributed by atoms with Gasteiger partial charge in [-0.25, -0.2) is 9.59 Å². The van der Waals surface area contributed by atoms with Crippen LogP contribution in [0.15, 0.2) is 48.5 Å². The molecule has 2 aliphatic carbocycles. The fourth-order valence-electron chi connectivity index (χ4n) is 5.82. The predicted octanol–water partition coefficient (Wildman–Crippen LogP) is 3.13.